The van der Waals surface area contributed by atoms with Crippen molar-refractivity contribution in [2.45, 2.75) is 6.92 Å². The molecule has 2 heterocycles. The van der Waals surface area contributed by atoms with E-state index < -0.39 is 5.63 Å². The molecule has 0 saturated heterocycles. The van der Waals surface area contributed by atoms with Crippen LogP contribution in [0.1, 0.15) is 21.5 Å². The van der Waals surface area contributed by atoms with Crippen LogP contribution < -0.4 is 5.63 Å². The van der Waals surface area contributed by atoms with Gasteiger partial charge in [0, 0.05) is 39.7 Å². The first kappa shape index (κ1) is 13.5. The molecule has 4 aromatic rings. The standard InChI is InChI=1S/C19H13NO3/c1-11-6-7-16-13(8-11)15(10-20-16)19(22)14-9-18(21)23-17-5-3-2-4-12(14)17/h2-10,20H,1H3. The first-order chi connectivity index (χ1) is 11.1. The first-order valence-electron chi connectivity index (χ1n) is 7.29. The van der Waals surface area contributed by atoms with E-state index in [-0.39, 0.29) is 5.78 Å². The number of aromatic nitrogens is 1. The Morgan fingerprint density at radius 1 is 1.00 bits per heavy atom. The predicted octanol–water partition coefficient (Wildman–Crippen LogP) is 3.81. The summed E-state index contributed by atoms with van der Waals surface area (Å²) in [4.78, 5) is 27.9. The van der Waals surface area contributed by atoms with Crippen molar-refractivity contribution in [2.24, 2.45) is 0 Å². The molecule has 0 unspecified atom stereocenters. The quantitative estimate of drug-likeness (QED) is 0.452. The predicted molar refractivity (Wildman–Crippen MR) is 89.0 cm³/mol. The van der Waals surface area contributed by atoms with E-state index in [1.807, 2.05) is 31.2 Å². The van der Waals surface area contributed by atoms with Crippen LogP contribution in [0.5, 0.6) is 0 Å². The van der Waals surface area contributed by atoms with Gasteiger partial charge in [0.25, 0.3) is 0 Å². The molecule has 2 aromatic heterocycles. The average molecular weight is 303 g/mol. The van der Waals surface area contributed by atoms with Crippen LogP contribution in [0.15, 0.2) is 63.9 Å². The van der Waals surface area contributed by atoms with Gasteiger partial charge in [-0.1, -0.05) is 29.8 Å². The summed E-state index contributed by atoms with van der Waals surface area (Å²) in [5.74, 6) is -0.189. The Kier molecular flexibility index (Phi) is 2.91. The fourth-order valence-electron chi connectivity index (χ4n) is 2.87. The molecule has 4 rings (SSSR count). The molecule has 112 valence electrons. The van der Waals surface area contributed by atoms with Gasteiger partial charge in [0.2, 0.25) is 0 Å². The van der Waals surface area contributed by atoms with E-state index in [2.05, 4.69) is 4.98 Å². The molecule has 23 heavy (non-hydrogen) atoms. The minimum absolute atomic E-state index is 0.189. The molecule has 0 atom stereocenters. The van der Waals surface area contributed by atoms with Crippen molar-refractivity contribution in [3.63, 3.8) is 0 Å². The summed E-state index contributed by atoms with van der Waals surface area (Å²) in [6, 6.07) is 14.2. The Balaban J connectivity index is 1.98. The summed E-state index contributed by atoms with van der Waals surface area (Å²) >= 11 is 0. The summed E-state index contributed by atoms with van der Waals surface area (Å²) in [7, 11) is 0. The number of carbonyl (C=O) groups is 1. The second-order valence-corrected chi connectivity index (χ2v) is 5.56. The highest BCUT2D eigenvalue weighted by Crippen LogP contribution is 2.25. The van der Waals surface area contributed by atoms with E-state index in [9.17, 15) is 9.59 Å². The summed E-state index contributed by atoms with van der Waals surface area (Å²) in [5, 5.41) is 1.49. The number of ketones is 1. The normalized spacial score (nSPS) is 11.2. The highest BCUT2D eigenvalue weighted by molar-refractivity contribution is 6.20. The third-order valence-corrected chi connectivity index (χ3v) is 3.98. The number of hydrogen-bond donors (Lipinski definition) is 1. The number of aromatic amines is 1. The fourth-order valence-corrected chi connectivity index (χ4v) is 2.87. The molecule has 0 fully saturated rings. The average Bonchev–Trinajstić information content (AvgIpc) is 2.96. The minimum atomic E-state index is -0.525. The van der Waals surface area contributed by atoms with E-state index in [4.69, 9.17) is 4.42 Å². The number of aryl methyl sites for hydroxylation is 1. The van der Waals surface area contributed by atoms with Gasteiger partial charge in [-0.25, -0.2) is 4.79 Å². The van der Waals surface area contributed by atoms with Crippen molar-refractivity contribution < 1.29 is 9.21 Å². The molecule has 0 radical (unpaired) electrons. The molecule has 4 heteroatoms. The highest BCUT2D eigenvalue weighted by atomic mass is 16.4. The maximum atomic E-state index is 13.0. The fraction of sp³-hybridized carbons (Fsp3) is 0.0526. The maximum Gasteiger partial charge on any atom is 0.336 e. The molecule has 0 aliphatic heterocycles. The number of nitrogens with one attached hydrogen (secondary N) is 1. The molecule has 0 bridgehead atoms. The summed E-state index contributed by atoms with van der Waals surface area (Å²) in [5.41, 5.74) is 2.77. The summed E-state index contributed by atoms with van der Waals surface area (Å²) in [6.07, 6.45) is 1.69. The van der Waals surface area contributed by atoms with Crippen LogP contribution in [-0.2, 0) is 0 Å². The van der Waals surface area contributed by atoms with Gasteiger partial charge in [-0.3, -0.25) is 4.79 Å². The van der Waals surface area contributed by atoms with Gasteiger partial charge in [0.1, 0.15) is 5.58 Å². The molecule has 1 N–H and O–H groups in total. The summed E-state index contributed by atoms with van der Waals surface area (Å²) < 4.78 is 5.16. The lowest BCUT2D eigenvalue weighted by Crippen LogP contribution is -2.07. The summed E-state index contributed by atoms with van der Waals surface area (Å²) in [6.45, 7) is 1.98. The Hall–Kier alpha value is -3.14. The number of carbonyl (C=O) groups excluding carboxylic acids is 1. The monoisotopic (exact) mass is 303 g/mol. The van der Waals surface area contributed by atoms with Gasteiger partial charge in [0.15, 0.2) is 5.78 Å². The third-order valence-electron chi connectivity index (χ3n) is 3.98. The largest absolute Gasteiger partial charge is 0.423 e. The van der Waals surface area contributed by atoms with Gasteiger partial charge in [0.05, 0.1) is 0 Å². The first-order valence-corrected chi connectivity index (χ1v) is 7.29. The molecular weight excluding hydrogens is 290 g/mol. The zero-order valence-electron chi connectivity index (χ0n) is 12.4. The molecule has 0 spiro atoms. The molecule has 0 aliphatic rings. The lowest BCUT2D eigenvalue weighted by molar-refractivity contribution is 0.104. The highest BCUT2D eigenvalue weighted by Gasteiger charge is 2.18. The van der Waals surface area contributed by atoms with Crippen molar-refractivity contribution in [1.29, 1.82) is 0 Å². The number of hydrogen-bond acceptors (Lipinski definition) is 3. The number of H-pyrrole nitrogens is 1. The molecule has 4 nitrogen and oxygen atoms in total. The van der Waals surface area contributed by atoms with E-state index in [1.165, 1.54) is 6.07 Å². The van der Waals surface area contributed by atoms with E-state index >= 15 is 0 Å². The smallest absolute Gasteiger partial charge is 0.336 e. The Labute approximate surface area is 131 Å². The second-order valence-electron chi connectivity index (χ2n) is 5.56. The van der Waals surface area contributed by atoms with Gasteiger partial charge in [-0.2, -0.15) is 0 Å². The van der Waals surface area contributed by atoms with Crippen molar-refractivity contribution in [3.8, 4) is 0 Å². The van der Waals surface area contributed by atoms with Crippen molar-refractivity contribution in [2.75, 3.05) is 0 Å². The zero-order chi connectivity index (χ0) is 16.0. The van der Waals surface area contributed by atoms with Crippen molar-refractivity contribution >= 4 is 27.7 Å². The van der Waals surface area contributed by atoms with E-state index in [0.29, 0.717) is 22.1 Å². The van der Waals surface area contributed by atoms with Crippen molar-refractivity contribution in [1.82, 2.24) is 4.98 Å². The topological polar surface area (TPSA) is 63.1 Å². The van der Waals surface area contributed by atoms with Gasteiger partial charge < -0.3 is 9.40 Å². The van der Waals surface area contributed by atoms with Crippen molar-refractivity contribution in [3.05, 3.63) is 81.8 Å². The van der Waals surface area contributed by atoms with E-state index in [1.54, 1.807) is 24.4 Å². The molecule has 0 amide bonds. The number of para-hydroxylation sites is 1. The Bertz CT molecular complexity index is 1120. The number of fused-ring (bicyclic) bond motifs is 2. The third kappa shape index (κ3) is 2.16. The van der Waals surface area contributed by atoms with E-state index in [0.717, 1.165) is 16.5 Å². The van der Waals surface area contributed by atoms with Crippen LogP contribution in [0.4, 0.5) is 0 Å². The Morgan fingerprint density at radius 2 is 1.83 bits per heavy atom. The molecule has 0 saturated carbocycles. The molecule has 0 aliphatic carbocycles. The Morgan fingerprint density at radius 3 is 2.70 bits per heavy atom. The van der Waals surface area contributed by atoms with Crippen LogP contribution in [0.2, 0.25) is 0 Å². The van der Waals surface area contributed by atoms with Crippen LogP contribution in [-0.4, -0.2) is 10.8 Å². The second kappa shape index (κ2) is 4.95. The van der Waals surface area contributed by atoms with Gasteiger partial charge in [-0.15, -0.1) is 0 Å². The molecule has 2 aromatic carbocycles. The lowest BCUT2D eigenvalue weighted by Gasteiger charge is -2.04. The zero-order valence-corrected chi connectivity index (χ0v) is 12.4. The van der Waals surface area contributed by atoms with Crippen LogP contribution in [0, 0.1) is 6.92 Å². The van der Waals surface area contributed by atoms with Gasteiger partial charge >= 0.3 is 5.63 Å². The lowest BCUT2D eigenvalue weighted by atomic mass is 9.99. The van der Waals surface area contributed by atoms with Gasteiger partial charge in [-0.05, 0) is 25.1 Å². The van der Waals surface area contributed by atoms with Crippen LogP contribution in [0.25, 0.3) is 21.9 Å². The molecular formula is C19H13NO3. The van der Waals surface area contributed by atoms with Crippen LogP contribution in [0.3, 0.4) is 0 Å². The maximum absolute atomic E-state index is 13.0. The minimum Gasteiger partial charge on any atom is -0.423 e. The van der Waals surface area contributed by atoms with Crippen LogP contribution >= 0.6 is 0 Å². The number of benzene rings is 2. The number of rotatable bonds is 2. The SMILES string of the molecule is Cc1ccc2[nH]cc(C(=O)c3cc(=O)oc4ccccc34)c2c1.